The first-order chi connectivity index (χ1) is 8.56. The summed E-state index contributed by atoms with van der Waals surface area (Å²) in [6.07, 6.45) is 2.56. The summed E-state index contributed by atoms with van der Waals surface area (Å²) in [5.41, 5.74) is 1.97. The van der Waals surface area contributed by atoms with E-state index in [1.54, 1.807) is 6.07 Å². The van der Waals surface area contributed by atoms with Gasteiger partial charge in [0.1, 0.15) is 5.82 Å². The first-order valence-corrected chi connectivity index (χ1v) is 6.77. The zero-order valence-corrected chi connectivity index (χ0v) is 11.5. The van der Waals surface area contributed by atoms with Crippen LogP contribution in [0.4, 0.5) is 4.39 Å². The summed E-state index contributed by atoms with van der Waals surface area (Å²) in [5, 5.41) is 3.46. The van der Waals surface area contributed by atoms with Gasteiger partial charge < -0.3 is 5.32 Å². The topological polar surface area (TPSA) is 15.3 Å². The predicted octanol–water partition coefficient (Wildman–Crippen LogP) is 2.92. The minimum atomic E-state index is -0.0994. The van der Waals surface area contributed by atoms with Crippen LogP contribution in [-0.2, 0) is 13.1 Å². The van der Waals surface area contributed by atoms with Crippen LogP contribution < -0.4 is 5.32 Å². The number of nitrogens with zero attached hydrogens (tertiary/aromatic N) is 1. The molecule has 0 unspecified atom stereocenters. The van der Waals surface area contributed by atoms with Crippen molar-refractivity contribution < 1.29 is 4.39 Å². The van der Waals surface area contributed by atoms with Crippen molar-refractivity contribution in [1.29, 1.82) is 0 Å². The molecule has 0 bridgehead atoms. The smallest absolute Gasteiger partial charge is 0.127 e. The first kappa shape index (κ1) is 13.5. The van der Waals surface area contributed by atoms with Crippen molar-refractivity contribution in [3.63, 3.8) is 0 Å². The van der Waals surface area contributed by atoms with Crippen molar-refractivity contribution in [3.05, 3.63) is 35.1 Å². The minimum absolute atomic E-state index is 0.0994. The molecule has 1 N–H and O–H groups in total. The number of rotatable bonds is 6. The third-order valence-corrected chi connectivity index (χ3v) is 3.58. The normalized spacial score (nSPS) is 15.7. The third kappa shape index (κ3) is 3.79. The monoisotopic (exact) mass is 250 g/mol. The van der Waals surface area contributed by atoms with Crippen LogP contribution in [0.3, 0.4) is 0 Å². The molecule has 0 aromatic heterocycles. The maximum absolute atomic E-state index is 13.8. The van der Waals surface area contributed by atoms with Gasteiger partial charge in [0.05, 0.1) is 0 Å². The maximum Gasteiger partial charge on any atom is 0.127 e. The second kappa shape index (κ2) is 5.81. The highest BCUT2D eigenvalue weighted by Gasteiger charge is 2.20. The molecule has 18 heavy (non-hydrogen) atoms. The van der Waals surface area contributed by atoms with E-state index >= 15 is 0 Å². The molecule has 1 fully saturated rings. The van der Waals surface area contributed by atoms with E-state index in [4.69, 9.17) is 0 Å². The Labute approximate surface area is 109 Å². The molecule has 2 rings (SSSR count). The fourth-order valence-corrected chi connectivity index (χ4v) is 1.86. The summed E-state index contributed by atoms with van der Waals surface area (Å²) in [7, 11) is 2.03. The number of benzene rings is 1. The van der Waals surface area contributed by atoms with Gasteiger partial charge in [-0.2, -0.15) is 0 Å². The standard InChI is InChI=1S/C15H23FN2/c1-11(2)18(3)10-13-8-12(4-7-15(13)16)9-17-14-5-6-14/h4,7-8,11,14,17H,5-6,9-10H2,1-3H3. The van der Waals surface area contributed by atoms with E-state index in [1.165, 1.54) is 18.4 Å². The fourth-order valence-electron chi connectivity index (χ4n) is 1.86. The van der Waals surface area contributed by atoms with Gasteiger partial charge in [-0.3, -0.25) is 4.90 Å². The summed E-state index contributed by atoms with van der Waals surface area (Å²) < 4.78 is 13.8. The maximum atomic E-state index is 13.8. The van der Waals surface area contributed by atoms with Crippen LogP contribution in [0.2, 0.25) is 0 Å². The van der Waals surface area contributed by atoms with E-state index in [1.807, 2.05) is 19.2 Å². The molecule has 1 aliphatic rings. The zero-order valence-electron chi connectivity index (χ0n) is 11.5. The van der Waals surface area contributed by atoms with Gasteiger partial charge in [-0.05, 0) is 45.4 Å². The molecule has 0 atom stereocenters. The Morgan fingerprint density at radius 2 is 2.11 bits per heavy atom. The fraction of sp³-hybridized carbons (Fsp3) is 0.600. The number of halogens is 1. The molecule has 1 aromatic carbocycles. The van der Waals surface area contributed by atoms with Gasteiger partial charge in [-0.25, -0.2) is 4.39 Å². The quantitative estimate of drug-likeness (QED) is 0.835. The summed E-state index contributed by atoms with van der Waals surface area (Å²) in [6.45, 7) is 5.76. The molecule has 2 nitrogen and oxygen atoms in total. The molecule has 0 radical (unpaired) electrons. The molecular weight excluding hydrogens is 227 g/mol. The van der Waals surface area contributed by atoms with E-state index in [9.17, 15) is 4.39 Å². The summed E-state index contributed by atoms with van der Waals surface area (Å²) in [5.74, 6) is -0.0994. The van der Waals surface area contributed by atoms with Gasteiger partial charge in [0.2, 0.25) is 0 Å². The molecule has 0 heterocycles. The first-order valence-electron chi connectivity index (χ1n) is 6.77. The number of nitrogens with one attached hydrogen (secondary N) is 1. The van der Waals surface area contributed by atoms with E-state index in [-0.39, 0.29) is 5.82 Å². The Morgan fingerprint density at radius 1 is 1.39 bits per heavy atom. The second-order valence-corrected chi connectivity index (χ2v) is 5.59. The highest BCUT2D eigenvalue weighted by atomic mass is 19.1. The average Bonchev–Trinajstić information content (AvgIpc) is 3.13. The summed E-state index contributed by atoms with van der Waals surface area (Å²) in [4.78, 5) is 2.15. The van der Waals surface area contributed by atoms with E-state index in [0.29, 0.717) is 18.6 Å². The lowest BCUT2D eigenvalue weighted by atomic mass is 10.1. The van der Waals surface area contributed by atoms with Crippen LogP contribution >= 0.6 is 0 Å². The Morgan fingerprint density at radius 3 is 2.72 bits per heavy atom. The molecule has 0 spiro atoms. The van der Waals surface area contributed by atoms with Gasteiger partial charge in [-0.1, -0.05) is 12.1 Å². The van der Waals surface area contributed by atoms with Crippen molar-refractivity contribution in [3.8, 4) is 0 Å². The van der Waals surface area contributed by atoms with Gasteiger partial charge >= 0.3 is 0 Å². The molecule has 1 aromatic rings. The van der Waals surface area contributed by atoms with Crippen LogP contribution in [0.1, 0.15) is 37.8 Å². The van der Waals surface area contributed by atoms with Crippen LogP contribution in [0.25, 0.3) is 0 Å². The largest absolute Gasteiger partial charge is 0.310 e. The van der Waals surface area contributed by atoms with Crippen molar-refractivity contribution in [1.82, 2.24) is 10.2 Å². The lowest BCUT2D eigenvalue weighted by molar-refractivity contribution is 0.262. The van der Waals surface area contributed by atoms with Crippen LogP contribution in [-0.4, -0.2) is 24.0 Å². The number of hydrogen-bond acceptors (Lipinski definition) is 2. The Kier molecular flexibility index (Phi) is 4.36. The Hall–Kier alpha value is -0.930. The molecule has 1 saturated carbocycles. The van der Waals surface area contributed by atoms with Crippen molar-refractivity contribution >= 4 is 0 Å². The lowest BCUT2D eigenvalue weighted by Gasteiger charge is -2.21. The lowest BCUT2D eigenvalue weighted by Crippen LogP contribution is -2.26. The van der Waals surface area contributed by atoms with Crippen molar-refractivity contribution in [2.45, 2.75) is 51.9 Å². The summed E-state index contributed by atoms with van der Waals surface area (Å²) in [6, 6.07) is 6.58. The van der Waals surface area contributed by atoms with Crippen LogP contribution in [0, 0.1) is 5.82 Å². The van der Waals surface area contributed by atoms with Gasteiger partial charge in [0, 0.05) is 30.7 Å². The second-order valence-electron chi connectivity index (χ2n) is 5.59. The van der Waals surface area contributed by atoms with Crippen molar-refractivity contribution in [2.75, 3.05) is 7.05 Å². The summed E-state index contributed by atoms with van der Waals surface area (Å²) >= 11 is 0. The Balaban J connectivity index is 2.00. The molecule has 0 saturated heterocycles. The highest BCUT2D eigenvalue weighted by Crippen LogP contribution is 2.20. The van der Waals surface area contributed by atoms with Crippen LogP contribution in [0.15, 0.2) is 18.2 Å². The molecule has 0 amide bonds. The minimum Gasteiger partial charge on any atom is -0.310 e. The molecule has 1 aliphatic carbocycles. The van der Waals surface area contributed by atoms with Gasteiger partial charge in [-0.15, -0.1) is 0 Å². The molecule has 100 valence electrons. The average molecular weight is 250 g/mol. The van der Waals surface area contributed by atoms with Crippen molar-refractivity contribution in [2.24, 2.45) is 0 Å². The molecule has 3 heteroatoms. The van der Waals surface area contributed by atoms with Gasteiger partial charge in [0.25, 0.3) is 0 Å². The van der Waals surface area contributed by atoms with Gasteiger partial charge in [0.15, 0.2) is 0 Å². The van der Waals surface area contributed by atoms with Crippen LogP contribution in [0.5, 0.6) is 0 Å². The molecule has 0 aliphatic heterocycles. The number of hydrogen-bond donors (Lipinski definition) is 1. The zero-order chi connectivity index (χ0) is 13.1. The van der Waals surface area contributed by atoms with E-state index < -0.39 is 0 Å². The Bertz CT molecular complexity index is 399. The van der Waals surface area contributed by atoms with E-state index in [0.717, 1.165) is 12.1 Å². The van der Waals surface area contributed by atoms with E-state index in [2.05, 4.69) is 24.1 Å². The predicted molar refractivity (Wildman–Crippen MR) is 72.9 cm³/mol. The molecular formula is C15H23FN2. The SMILES string of the molecule is CC(C)N(C)Cc1cc(CNC2CC2)ccc1F. The highest BCUT2D eigenvalue weighted by molar-refractivity contribution is 5.25. The third-order valence-electron chi connectivity index (χ3n) is 3.58.